The largest absolute Gasteiger partial charge is 0.461 e. The number of benzene rings is 1. The molecule has 3 aliphatic rings. The van der Waals surface area contributed by atoms with Crippen molar-refractivity contribution in [2.75, 3.05) is 19.8 Å². The van der Waals surface area contributed by atoms with Crippen molar-refractivity contribution in [2.24, 2.45) is 17.8 Å². The highest BCUT2D eigenvalue weighted by molar-refractivity contribution is 9.09. The van der Waals surface area contributed by atoms with Crippen molar-refractivity contribution in [1.82, 2.24) is 24.8 Å². The van der Waals surface area contributed by atoms with Gasteiger partial charge in [-0.3, -0.25) is 14.4 Å². The molecule has 12 heteroatoms. The van der Waals surface area contributed by atoms with Crippen LogP contribution in [0.4, 0.5) is 0 Å². The van der Waals surface area contributed by atoms with Gasteiger partial charge in [0.05, 0.1) is 36.1 Å². The first-order chi connectivity index (χ1) is 19.7. The van der Waals surface area contributed by atoms with Crippen molar-refractivity contribution >= 4 is 44.7 Å². The lowest BCUT2D eigenvalue weighted by Crippen LogP contribution is -2.60. The highest BCUT2D eigenvalue weighted by Gasteiger charge is 2.77. The fraction of sp³-hybridized carbons (Fsp3) is 0.552. The number of fused-ring (bicyclic) bond motifs is 2. The Hall–Kier alpha value is -3.09. The van der Waals surface area contributed by atoms with E-state index in [0.717, 1.165) is 5.52 Å². The van der Waals surface area contributed by atoms with Crippen molar-refractivity contribution in [3.8, 4) is 0 Å². The van der Waals surface area contributed by atoms with Crippen LogP contribution in [-0.2, 0) is 30.5 Å². The monoisotopic (exact) mass is 629 g/mol. The van der Waals surface area contributed by atoms with Gasteiger partial charge in [-0.1, -0.05) is 72.3 Å². The molecule has 41 heavy (non-hydrogen) atoms. The highest BCUT2D eigenvalue weighted by atomic mass is 79.9. The summed E-state index contributed by atoms with van der Waals surface area (Å²) in [6.45, 7) is 11.3. The minimum absolute atomic E-state index is 0.0000972. The number of para-hydroxylation sites is 1. The normalized spacial score (nSPS) is 29.8. The molecule has 5 rings (SSSR count). The Bertz CT molecular complexity index is 1350. The van der Waals surface area contributed by atoms with Crippen molar-refractivity contribution in [3.63, 3.8) is 0 Å². The van der Waals surface area contributed by atoms with E-state index < -0.39 is 41.6 Å². The number of aromatic nitrogens is 3. The quantitative estimate of drug-likeness (QED) is 0.215. The molecule has 3 aliphatic heterocycles. The number of hydrogen-bond acceptors (Lipinski definition) is 8. The molecule has 1 aromatic heterocycles. The van der Waals surface area contributed by atoms with Gasteiger partial charge in [-0.25, -0.2) is 4.68 Å². The number of esters is 1. The van der Waals surface area contributed by atoms with Crippen LogP contribution in [0.2, 0.25) is 0 Å². The summed E-state index contributed by atoms with van der Waals surface area (Å²) in [5.41, 5.74) is 0.157. The molecule has 0 radical (unpaired) electrons. The number of carbonyl (C=O) groups is 3. The van der Waals surface area contributed by atoms with Gasteiger partial charge in [0.1, 0.15) is 30.4 Å². The fourth-order valence-corrected chi connectivity index (χ4v) is 7.70. The molecular formula is C29H36BrN5O6. The van der Waals surface area contributed by atoms with Crippen molar-refractivity contribution < 1.29 is 29.0 Å². The van der Waals surface area contributed by atoms with E-state index in [1.54, 1.807) is 15.7 Å². The molecule has 2 aromatic rings. The van der Waals surface area contributed by atoms with E-state index in [0.29, 0.717) is 18.4 Å². The van der Waals surface area contributed by atoms with Crippen molar-refractivity contribution in [2.45, 2.75) is 62.0 Å². The van der Waals surface area contributed by atoms with E-state index >= 15 is 0 Å². The molecular weight excluding hydrogens is 594 g/mol. The number of hydrogen-bond donors (Lipinski definition) is 1. The Morgan fingerprint density at radius 3 is 2.78 bits per heavy atom. The van der Waals surface area contributed by atoms with Crippen molar-refractivity contribution in [3.05, 3.63) is 49.6 Å². The molecule has 0 aliphatic carbocycles. The van der Waals surface area contributed by atoms with E-state index in [2.05, 4.69) is 39.4 Å². The molecule has 11 nitrogen and oxygen atoms in total. The van der Waals surface area contributed by atoms with Crippen LogP contribution in [0.25, 0.3) is 11.0 Å². The Labute approximate surface area is 247 Å². The van der Waals surface area contributed by atoms with Gasteiger partial charge in [0.2, 0.25) is 11.8 Å². The summed E-state index contributed by atoms with van der Waals surface area (Å²) < 4.78 is 13.6. The van der Waals surface area contributed by atoms with Crippen LogP contribution < -0.4 is 0 Å². The lowest BCUT2D eigenvalue weighted by Gasteiger charge is -2.40. The van der Waals surface area contributed by atoms with Crippen LogP contribution >= 0.6 is 15.9 Å². The molecule has 8 atom stereocenters. The maximum absolute atomic E-state index is 14.7. The van der Waals surface area contributed by atoms with E-state index in [4.69, 9.17) is 9.47 Å². The molecule has 2 bridgehead atoms. The average Bonchev–Trinajstić information content (AvgIpc) is 3.69. The Balaban J connectivity index is 1.59. The minimum Gasteiger partial charge on any atom is -0.461 e. The number of aliphatic hydroxyl groups is 1. The molecule has 1 N–H and O–H groups in total. The zero-order chi connectivity index (χ0) is 29.5. The second-order valence-corrected chi connectivity index (χ2v) is 12.2. The van der Waals surface area contributed by atoms with Gasteiger partial charge in [-0.05, 0) is 24.5 Å². The van der Waals surface area contributed by atoms with Crippen LogP contribution in [0.5, 0.6) is 0 Å². The second kappa shape index (κ2) is 11.7. The molecule has 1 aromatic carbocycles. The predicted molar refractivity (Wildman–Crippen MR) is 153 cm³/mol. The third-order valence-corrected chi connectivity index (χ3v) is 9.65. The maximum Gasteiger partial charge on any atom is 0.312 e. The van der Waals surface area contributed by atoms with Crippen molar-refractivity contribution in [1.29, 1.82) is 0 Å². The number of halogens is 1. The van der Waals surface area contributed by atoms with E-state index in [1.807, 2.05) is 38.1 Å². The number of ether oxygens (including phenoxy) is 2. The van der Waals surface area contributed by atoms with Gasteiger partial charge >= 0.3 is 5.97 Å². The van der Waals surface area contributed by atoms with Crippen LogP contribution in [0.3, 0.4) is 0 Å². The second-order valence-electron chi connectivity index (χ2n) is 11.0. The number of nitrogens with zero attached hydrogens (tertiary/aromatic N) is 5. The van der Waals surface area contributed by atoms with Crippen LogP contribution in [0.15, 0.2) is 49.6 Å². The number of likely N-dealkylation sites (tertiary alicyclic amines) is 1. The smallest absolute Gasteiger partial charge is 0.312 e. The van der Waals surface area contributed by atoms with E-state index in [1.165, 1.54) is 11.0 Å². The number of alkyl halides is 1. The molecule has 3 fully saturated rings. The lowest BCUT2D eigenvalue weighted by atomic mass is 9.70. The highest BCUT2D eigenvalue weighted by Crippen LogP contribution is 2.61. The zero-order valence-electron chi connectivity index (χ0n) is 23.3. The minimum atomic E-state index is -1.28. The lowest BCUT2D eigenvalue weighted by molar-refractivity contribution is -0.156. The first-order valence-corrected chi connectivity index (χ1v) is 14.9. The van der Waals surface area contributed by atoms with Crippen LogP contribution in [0, 0.1) is 17.8 Å². The van der Waals surface area contributed by atoms with Gasteiger partial charge in [-0.15, -0.1) is 11.7 Å². The van der Waals surface area contributed by atoms with Crippen LogP contribution in [0.1, 0.15) is 26.7 Å². The average molecular weight is 631 g/mol. The molecule has 4 heterocycles. The Morgan fingerprint density at radius 1 is 1.34 bits per heavy atom. The first-order valence-electron chi connectivity index (χ1n) is 13.9. The number of rotatable bonds is 12. The van der Waals surface area contributed by atoms with Gasteiger partial charge < -0.3 is 24.4 Å². The third-order valence-electron chi connectivity index (χ3n) is 8.81. The molecule has 3 unspecified atom stereocenters. The standard InChI is InChI=1S/C29H36BrN5O6/c1-5-12-33(16-34-20-11-9-8-10-19(20)31-32-34)27(38)25-29-14-18(30)24(41-29)22(28(39)40-13-6-2)23(29)26(37)35(25)21(15-36)17(4)7-3/h5-6,8-11,17-18,21-25,36H,1-2,7,12-16H2,3-4H3/t17-,18?,21-,22-,23-,24-,25?,29?/m0/s1. The summed E-state index contributed by atoms with van der Waals surface area (Å²) in [4.78, 5) is 45.1. The number of carbonyl (C=O) groups excluding carboxylic acids is 3. The predicted octanol–water partition coefficient (Wildman–Crippen LogP) is 2.29. The fourth-order valence-electron chi connectivity index (χ4n) is 6.75. The Morgan fingerprint density at radius 2 is 2.10 bits per heavy atom. The molecule has 1 spiro atoms. The molecule has 3 saturated heterocycles. The summed E-state index contributed by atoms with van der Waals surface area (Å²) in [7, 11) is 0. The summed E-state index contributed by atoms with van der Waals surface area (Å²) in [5.74, 6) is -3.26. The van der Waals surface area contributed by atoms with Gasteiger partial charge in [0.15, 0.2) is 0 Å². The summed E-state index contributed by atoms with van der Waals surface area (Å²) in [6, 6.07) is 5.70. The molecule has 0 saturated carbocycles. The Kier molecular flexibility index (Phi) is 8.36. The van der Waals surface area contributed by atoms with E-state index in [9.17, 15) is 19.5 Å². The topological polar surface area (TPSA) is 127 Å². The summed E-state index contributed by atoms with van der Waals surface area (Å²) >= 11 is 3.66. The maximum atomic E-state index is 14.7. The number of aliphatic hydroxyl groups excluding tert-OH is 1. The van der Waals surface area contributed by atoms with E-state index in [-0.39, 0.29) is 49.0 Å². The van der Waals surface area contributed by atoms with Gasteiger partial charge in [-0.2, -0.15) is 0 Å². The molecule has 220 valence electrons. The summed E-state index contributed by atoms with van der Waals surface area (Å²) in [6.07, 6.45) is 3.46. The van der Waals surface area contributed by atoms with Crippen LogP contribution in [-0.4, -0.2) is 96.1 Å². The first kappa shape index (κ1) is 29.4. The number of amides is 2. The zero-order valence-corrected chi connectivity index (χ0v) is 24.9. The summed E-state index contributed by atoms with van der Waals surface area (Å²) in [5, 5.41) is 19.0. The van der Waals surface area contributed by atoms with Gasteiger partial charge in [0, 0.05) is 11.4 Å². The van der Waals surface area contributed by atoms with Gasteiger partial charge in [0.25, 0.3) is 0 Å². The SMILES string of the molecule is C=CCOC(=O)[C@H]1[C@H]2C(=O)N([C@@H](CO)[C@@H](C)CC)C(C(=O)N(CC=C)Cn3nnc4ccccc43)C23CC(Br)[C@@H]1O3. The molecule has 2 amide bonds. The third kappa shape index (κ3) is 4.69.